The van der Waals surface area contributed by atoms with Gasteiger partial charge in [0.25, 0.3) is 5.91 Å². The van der Waals surface area contributed by atoms with E-state index < -0.39 is 0 Å². The molecule has 0 aliphatic heterocycles. The van der Waals surface area contributed by atoms with Crippen molar-refractivity contribution in [2.75, 3.05) is 13.2 Å². The second-order valence-electron chi connectivity index (χ2n) is 4.54. The largest absolute Gasteiger partial charge is 0.506 e. The molecule has 0 heterocycles. The van der Waals surface area contributed by atoms with Crippen molar-refractivity contribution in [2.45, 2.75) is 26.2 Å². The third-order valence-corrected chi connectivity index (χ3v) is 3.30. The van der Waals surface area contributed by atoms with Gasteiger partial charge in [-0.2, -0.15) is 0 Å². The van der Waals surface area contributed by atoms with Crippen LogP contribution in [0.1, 0.15) is 36.5 Å². The molecule has 0 radical (unpaired) electrons. The third-order valence-electron chi connectivity index (χ3n) is 3.00. The summed E-state index contributed by atoms with van der Waals surface area (Å²) in [7, 11) is 0. The summed E-state index contributed by atoms with van der Waals surface area (Å²) in [6.07, 6.45) is 2.67. The lowest BCUT2D eigenvalue weighted by molar-refractivity contribution is 0.0943. The van der Waals surface area contributed by atoms with Gasteiger partial charge in [-0.1, -0.05) is 24.9 Å². The molecule has 0 aromatic heterocycles. The maximum Gasteiger partial charge on any atom is 0.251 e. The van der Waals surface area contributed by atoms with E-state index in [0.29, 0.717) is 18.5 Å². The number of hydrogen-bond acceptors (Lipinski definition) is 3. The standard InChI is InChI=1S/C14H20ClNO3/c1-2-3-10(6-7-17)9-16-14(19)11-4-5-13(18)12(15)8-11/h4-5,8,10,17-18H,2-3,6-7,9H2,1H3,(H,16,19). The number of phenolic OH excluding ortho intramolecular Hbond substituents is 1. The van der Waals surface area contributed by atoms with Crippen molar-refractivity contribution in [2.24, 2.45) is 5.92 Å². The fraction of sp³-hybridized carbons (Fsp3) is 0.500. The van der Waals surface area contributed by atoms with Gasteiger partial charge in [-0.05, 0) is 37.0 Å². The molecule has 0 saturated heterocycles. The highest BCUT2D eigenvalue weighted by molar-refractivity contribution is 6.32. The molecule has 0 saturated carbocycles. The molecule has 5 heteroatoms. The predicted molar refractivity (Wildman–Crippen MR) is 75.6 cm³/mol. The first-order chi connectivity index (χ1) is 9.08. The van der Waals surface area contributed by atoms with Crippen LogP contribution in [0.15, 0.2) is 18.2 Å². The Hall–Kier alpha value is -1.26. The van der Waals surface area contributed by atoms with Gasteiger partial charge in [0.15, 0.2) is 0 Å². The number of rotatable bonds is 7. The number of carbonyl (C=O) groups excluding carboxylic acids is 1. The Kier molecular flexibility index (Phi) is 6.67. The fourth-order valence-electron chi connectivity index (χ4n) is 1.93. The Morgan fingerprint density at radius 1 is 1.42 bits per heavy atom. The number of nitrogens with one attached hydrogen (secondary N) is 1. The SMILES string of the molecule is CCCC(CCO)CNC(=O)c1ccc(O)c(Cl)c1. The fourth-order valence-corrected chi connectivity index (χ4v) is 2.11. The normalized spacial score (nSPS) is 12.2. The van der Waals surface area contributed by atoms with Crippen LogP contribution in [0, 0.1) is 5.92 Å². The molecule has 0 aliphatic carbocycles. The first-order valence-electron chi connectivity index (χ1n) is 6.46. The second-order valence-corrected chi connectivity index (χ2v) is 4.95. The number of carbonyl (C=O) groups is 1. The first-order valence-corrected chi connectivity index (χ1v) is 6.83. The summed E-state index contributed by atoms with van der Waals surface area (Å²) in [6, 6.07) is 4.36. The van der Waals surface area contributed by atoms with Gasteiger partial charge in [0.1, 0.15) is 5.75 Å². The van der Waals surface area contributed by atoms with Gasteiger partial charge in [-0.15, -0.1) is 0 Å². The first kappa shape index (κ1) is 15.8. The van der Waals surface area contributed by atoms with Crippen molar-refractivity contribution < 1.29 is 15.0 Å². The summed E-state index contributed by atoms with van der Waals surface area (Å²) < 4.78 is 0. The zero-order chi connectivity index (χ0) is 14.3. The highest BCUT2D eigenvalue weighted by Gasteiger charge is 2.12. The van der Waals surface area contributed by atoms with Crippen molar-refractivity contribution in [3.63, 3.8) is 0 Å². The van der Waals surface area contributed by atoms with Crippen LogP contribution >= 0.6 is 11.6 Å². The number of halogens is 1. The molecule has 0 fully saturated rings. The van der Waals surface area contributed by atoms with Gasteiger partial charge in [0.05, 0.1) is 5.02 Å². The molecule has 0 bridgehead atoms. The summed E-state index contributed by atoms with van der Waals surface area (Å²) in [4.78, 5) is 11.9. The highest BCUT2D eigenvalue weighted by atomic mass is 35.5. The van der Waals surface area contributed by atoms with Crippen molar-refractivity contribution in [1.29, 1.82) is 0 Å². The molecule has 0 spiro atoms. The predicted octanol–water partition coefficient (Wildman–Crippen LogP) is 2.57. The Morgan fingerprint density at radius 2 is 2.16 bits per heavy atom. The Morgan fingerprint density at radius 3 is 2.74 bits per heavy atom. The molecular formula is C14H20ClNO3. The maximum atomic E-state index is 11.9. The molecule has 3 N–H and O–H groups in total. The van der Waals surface area contributed by atoms with Crippen LogP contribution in [0.5, 0.6) is 5.75 Å². The van der Waals surface area contributed by atoms with E-state index in [-0.39, 0.29) is 29.2 Å². The summed E-state index contributed by atoms with van der Waals surface area (Å²) in [5.41, 5.74) is 0.419. The molecule has 0 aliphatic rings. The Bertz CT molecular complexity index is 417. The minimum absolute atomic E-state index is 0.0395. The minimum atomic E-state index is -0.221. The van der Waals surface area contributed by atoms with Gasteiger partial charge in [-0.25, -0.2) is 0 Å². The van der Waals surface area contributed by atoms with Crippen LogP contribution in [-0.2, 0) is 0 Å². The van der Waals surface area contributed by atoms with Gasteiger partial charge in [-0.3, -0.25) is 4.79 Å². The third kappa shape index (κ3) is 5.09. The Balaban J connectivity index is 2.56. The van der Waals surface area contributed by atoms with E-state index in [0.717, 1.165) is 12.8 Å². The van der Waals surface area contributed by atoms with Crippen LogP contribution in [0.2, 0.25) is 5.02 Å². The number of benzene rings is 1. The number of aliphatic hydroxyl groups is 1. The molecular weight excluding hydrogens is 266 g/mol. The van der Waals surface area contributed by atoms with Crippen LogP contribution in [0.4, 0.5) is 0 Å². The molecule has 1 rings (SSSR count). The van der Waals surface area contributed by atoms with Crippen LogP contribution < -0.4 is 5.32 Å². The van der Waals surface area contributed by atoms with E-state index >= 15 is 0 Å². The second kappa shape index (κ2) is 8.02. The lowest BCUT2D eigenvalue weighted by Crippen LogP contribution is -2.29. The van der Waals surface area contributed by atoms with Crippen LogP contribution in [0.3, 0.4) is 0 Å². The van der Waals surface area contributed by atoms with E-state index in [4.69, 9.17) is 16.7 Å². The van der Waals surface area contributed by atoms with Crippen molar-refractivity contribution in [3.8, 4) is 5.75 Å². The van der Waals surface area contributed by atoms with E-state index in [1.54, 1.807) is 0 Å². The average Bonchev–Trinajstić information content (AvgIpc) is 2.39. The molecule has 1 atom stereocenters. The maximum absolute atomic E-state index is 11.9. The van der Waals surface area contributed by atoms with Crippen LogP contribution in [-0.4, -0.2) is 29.3 Å². The van der Waals surface area contributed by atoms with Gasteiger partial charge < -0.3 is 15.5 Å². The van der Waals surface area contributed by atoms with Crippen molar-refractivity contribution >= 4 is 17.5 Å². The quantitative estimate of drug-likeness (QED) is 0.721. The van der Waals surface area contributed by atoms with Crippen LogP contribution in [0.25, 0.3) is 0 Å². The van der Waals surface area contributed by atoms with Crippen molar-refractivity contribution in [3.05, 3.63) is 28.8 Å². The minimum Gasteiger partial charge on any atom is -0.506 e. The van der Waals surface area contributed by atoms with Gasteiger partial charge in [0, 0.05) is 18.7 Å². The zero-order valence-electron chi connectivity index (χ0n) is 11.0. The molecule has 1 aromatic carbocycles. The molecule has 1 aromatic rings. The number of hydrogen-bond donors (Lipinski definition) is 3. The summed E-state index contributed by atoms with van der Waals surface area (Å²) in [5, 5.41) is 21.2. The lowest BCUT2D eigenvalue weighted by Gasteiger charge is -2.15. The van der Waals surface area contributed by atoms with E-state index in [2.05, 4.69) is 12.2 Å². The number of amides is 1. The highest BCUT2D eigenvalue weighted by Crippen LogP contribution is 2.23. The zero-order valence-corrected chi connectivity index (χ0v) is 11.8. The van der Waals surface area contributed by atoms with Gasteiger partial charge >= 0.3 is 0 Å². The Labute approximate surface area is 118 Å². The van der Waals surface area contributed by atoms with E-state index in [1.807, 2.05) is 0 Å². The van der Waals surface area contributed by atoms with Gasteiger partial charge in [0.2, 0.25) is 0 Å². The molecule has 106 valence electrons. The van der Waals surface area contributed by atoms with Crippen molar-refractivity contribution in [1.82, 2.24) is 5.32 Å². The molecule has 19 heavy (non-hydrogen) atoms. The molecule has 1 amide bonds. The van der Waals surface area contributed by atoms with E-state index in [9.17, 15) is 9.90 Å². The van der Waals surface area contributed by atoms with E-state index in [1.165, 1.54) is 18.2 Å². The number of aliphatic hydroxyl groups excluding tert-OH is 1. The summed E-state index contributed by atoms with van der Waals surface area (Å²) in [5.74, 6) is 0.0230. The monoisotopic (exact) mass is 285 g/mol. The lowest BCUT2D eigenvalue weighted by atomic mass is 10.00. The number of aromatic hydroxyl groups is 1. The number of phenols is 1. The smallest absolute Gasteiger partial charge is 0.251 e. The molecule has 1 unspecified atom stereocenters. The molecule has 4 nitrogen and oxygen atoms in total. The summed E-state index contributed by atoms with van der Waals surface area (Å²) in [6.45, 7) is 2.74. The average molecular weight is 286 g/mol. The summed E-state index contributed by atoms with van der Waals surface area (Å²) >= 11 is 5.76. The topological polar surface area (TPSA) is 69.6 Å².